The molecule has 2 aromatic carbocycles. The Morgan fingerprint density at radius 3 is 2.34 bits per heavy atom. The molecule has 0 atom stereocenters. The third-order valence-corrected chi connectivity index (χ3v) is 7.86. The highest BCUT2D eigenvalue weighted by Gasteiger charge is 2.08. The van der Waals surface area contributed by atoms with E-state index in [9.17, 15) is 0 Å². The maximum Gasteiger partial charge on any atom is 0.232 e. The molecular formula is C19H16N6S4. The Kier molecular flexibility index (Phi) is 9.11. The summed E-state index contributed by atoms with van der Waals surface area (Å²) in [7, 11) is 2.91. The Morgan fingerprint density at radius 2 is 1.66 bits per heavy atom. The molecule has 0 fully saturated rings. The lowest BCUT2D eigenvalue weighted by Crippen LogP contribution is -1.86. The summed E-state index contributed by atoms with van der Waals surface area (Å²) >= 11 is 2.91. The molecule has 0 amide bonds. The van der Waals surface area contributed by atoms with Crippen LogP contribution in [0.2, 0.25) is 0 Å². The van der Waals surface area contributed by atoms with Gasteiger partial charge < -0.3 is 0 Å². The monoisotopic (exact) mass is 456 g/mol. The third kappa shape index (κ3) is 7.94. The van der Waals surface area contributed by atoms with Crippen molar-refractivity contribution < 1.29 is 0 Å². The lowest BCUT2D eigenvalue weighted by molar-refractivity contribution is 1.01. The summed E-state index contributed by atoms with van der Waals surface area (Å²) in [6.07, 6.45) is 3.61. The van der Waals surface area contributed by atoms with Crippen LogP contribution in [0.15, 0.2) is 85.2 Å². The van der Waals surface area contributed by atoms with Crippen molar-refractivity contribution in [3.8, 4) is 0 Å². The molecule has 0 aliphatic heterocycles. The van der Waals surface area contributed by atoms with Gasteiger partial charge in [0.25, 0.3) is 0 Å². The second-order valence-electron chi connectivity index (χ2n) is 5.19. The minimum Gasteiger partial charge on any atom is -0.281 e. The zero-order valence-electron chi connectivity index (χ0n) is 15.2. The lowest BCUT2D eigenvalue weighted by atomic mass is 10.2. The fraction of sp³-hybridized carbons (Fsp3) is 0.0526. The Bertz CT molecular complexity index is 986. The first-order chi connectivity index (χ1) is 14.3. The van der Waals surface area contributed by atoms with Crippen molar-refractivity contribution in [1.29, 1.82) is 0 Å². The van der Waals surface area contributed by atoms with E-state index in [4.69, 9.17) is 0 Å². The fourth-order valence-corrected chi connectivity index (χ4v) is 5.73. The smallest absolute Gasteiger partial charge is 0.232 e. The standard InChI is InChI=1S/C19H16N6S4/c1-20-24-18(26-14-21-12-15-8-4-2-5-9-15)28-29-19-25-23-17(27-19)22-13-16-10-6-3-7-11-16/h2-13H,1,14H2/b21-12?,22-13?,24-18+. The SMILES string of the molecule is C=N/N=C(\SCN=Cc1ccccc1)SSc1nnc(N=Cc2ccccc2)s1. The molecule has 146 valence electrons. The first-order valence-corrected chi connectivity index (χ1v) is 12.3. The Morgan fingerprint density at radius 1 is 0.966 bits per heavy atom. The van der Waals surface area contributed by atoms with Gasteiger partial charge in [0.2, 0.25) is 5.13 Å². The third-order valence-electron chi connectivity index (χ3n) is 3.16. The normalized spacial score (nSPS) is 12.1. The molecule has 0 radical (unpaired) electrons. The van der Waals surface area contributed by atoms with E-state index in [1.54, 1.807) is 6.21 Å². The van der Waals surface area contributed by atoms with Gasteiger partial charge in [0.05, 0.1) is 5.88 Å². The van der Waals surface area contributed by atoms with Gasteiger partial charge in [-0.25, -0.2) is 4.99 Å². The van der Waals surface area contributed by atoms with E-state index >= 15 is 0 Å². The minimum atomic E-state index is 0.541. The van der Waals surface area contributed by atoms with Crippen molar-refractivity contribution in [3.63, 3.8) is 0 Å². The van der Waals surface area contributed by atoms with Crippen molar-refractivity contribution in [1.82, 2.24) is 10.2 Å². The van der Waals surface area contributed by atoms with E-state index in [1.165, 1.54) is 44.7 Å². The van der Waals surface area contributed by atoms with E-state index in [0.29, 0.717) is 11.0 Å². The summed E-state index contributed by atoms with van der Waals surface area (Å²) in [5.74, 6) is 0.541. The molecule has 0 N–H and O–H groups in total. The van der Waals surface area contributed by atoms with Gasteiger partial charge in [-0.2, -0.15) is 5.10 Å². The summed E-state index contributed by atoms with van der Waals surface area (Å²) in [6, 6.07) is 19.8. The molecule has 6 nitrogen and oxygen atoms in total. The summed E-state index contributed by atoms with van der Waals surface area (Å²) in [5, 5.41) is 16.5. The Hall–Kier alpha value is -2.27. The fourth-order valence-electron chi connectivity index (χ4n) is 1.93. The van der Waals surface area contributed by atoms with Crippen LogP contribution >= 0.6 is 44.7 Å². The van der Waals surface area contributed by atoms with Crippen molar-refractivity contribution in [2.75, 3.05) is 5.88 Å². The predicted octanol–water partition coefficient (Wildman–Crippen LogP) is 5.81. The summed E-state index contributed by atoms with van der Waals surface area (Å²) in [6.45, 7) is 3.43. The van der Waals surface area contributed by atoms with Crippen LogP contribution in [-0.2, 0) is 0 Å². The van der Waals surface area contributed by atoms with Crippen molar-refractivity contribution >= 4 is 73.3 Å². The number of aliphatic imine (C=N–C) groups is 2. The molecule has 1 heterocycles. The van der Waals surface area contributed by atoms with Gasteiger partial charge in [0.1, 0.15) is 0 Å². The maximum atomic E-state index is 4.40. The lowest BCUT2D eigenvalue weighted by Gasteiger charge is -1.99. The number of nitrogens with zero attached hydrogens (tertiary/aromatic N) is 6. The van der Waals surface area contributed by atoms with Gasteiger partial charge in [0.15, 0.2) is 8.72 Å². The van der Waals surface area contributed by atoms with E-state index < -0.39 is 0 Å². The molecule has 0 bridgehead atoms. The number of hydrogen-bond donors (Lipinski definition) is 0. The van der Waals surface area contributed by atoms with Crippen molar-refractivity contribution in [2.45, 2.75) is 4.34 Å². The Balaban J connectivity index is 1.48. The van der Waals surface area contributed by atoms with Crippen LogP contribution in [0.1, 0.15) is 11.1 Å². The summed E-state index contributed by atoms with van der Waals surface area (Å²) in [4.78, 5) is 8.77. The van der Waals surface area contributed by atoms with Crippen LogP contribution < -0.4 is 0 Å². The summed E-state index contributed by atoms with van der Waals surface area (Å²) < 4.78 is 1.54. The number of rotatable bonds is 8. The number of thioether (sulfide) groups is 1. The molecule has 3 rings (SSSR count). The first kappa shape index (κ1) is 21.4. The molecule has 29 heavy (non-hydrogen) atoms. The molecule has 0 unspecified atom stereocenters. The zero-order valence-corrected chi connectivity index (χ0v) is 18.4. The molecule has 0 saturated carbocycles. The molecule has 0 aliphatic carbocycles. The van der Waals surface area contributed by atoms with Gasteiger partial charge in [-0.05, 0) is 32.7 Å². The molecule has 3 aromatic rings. The molecule has 1 aromatic heterocycles. The van der Waals surface area contributed by atoms with Crippen LogP contribution in [0.5, 0.6) is 0 Å². The number of hydrogen-bond acceptors (Lipinski definition) is 10. The zero-order chi connectivity index (χ0) is 20.2. The van der Waals surface area contributed by atoms with Gasteiger partial charge in [-0.3, -0.25) is 4.99 Å². The molecule has 10 heteroatoms. The van der Waals surface area contributed by atoms with E-state index in [-0.39, 0.29) is 0 Å². The van der Waals surface area contributed by atoms with Crippen molar-refractivity contribution in [3.05, 3.63) is 71.8 Å². The minimum absolute atomic E-state index is 0.541. The van der Waals surface area contributed by atoms with E-state index in [1.807, 2.05) is 66.9 Å². The molecular weight excluding hydrogens is 441 g/mol. The van der Waals surface area contributed by atoms with Gasteiger partial charge in [-0.15, -0.1) is 15.3 Å². The van der Waals surface area contributed by atoms with Crippen LogP contribution in [0.4, 0.5) is 5.13 Å². The van der Waals surface area contributed by atoms with Gasteiger partial charge in [-0.1, -0.05) is 83.8 Å². The van der Waals surface area contributed by atoms with Crippen molar-refractivity contribution in [2.24, 2.45) is 20.2 Å². The van der Waals surface area contributed by atoms with Crippen LogP contribution in [0, 0.1) is 0 Å². The second kappa shape index (κ2) is 12.3. The highest BCUT2D eigenvalue weighted by atomic mass is 33.1. The Labute approximate surface area is 185 Å². The maximum absolute atomic E-state index is 4.40. The number of benzene rings is 2. The first-order valence-electron chi connectivity index (χ1n) is 8.32. The topological polar surface area (TPSA) is 75.2 Å². The highest BCUT2D eigenvalue weighted by Crippen LogP contribution is 2.38. The predicted molar refractivity (Wildman–Crippen MR) is 131 cm³/mol. The molecule has 0 aliphatic rings. The van der Waals surface area contributed by atoms with E-state index in [2.05, 4.69) is 37.1 Å². The summed E-state index contributed by atoms with van der Waals surface area (Å²) in [5.41, 5.74) is 2.08. The van der Waals surface area contributed by atoms with Gasteiger partial charge >= 0.3 is 0 Å². The van der Waals surface area contributed by atoms with Gasteiger partial charge in [0, 0.05) is 19.1 Å². The number of aromatic nitrogens is 2. The second-order valence-corrected chi connectivity index (χ2v) is 9.70. The quantitative estimate of drug-likeness (QED) is 0.185. The largest absolute Gasteiger partial charge is 0.281 e. The van der Waals surface area contributed by atoms with Crippen LogP contribution in [0.25, 0.3) is 0 Å². The van der Waals surface area contributed by atoms with E-state index in [0.717, 1.165) is 19.8 Å². The highest BCUT2D eigenvalue weighted by molar-refractivity contribution is 8.86. The van der Waals surface area contributed by atoms with Crippen LogP contribution in [0.3, 0.4) is 0 Å². The molecule has 0 saturated heterocycles. The average Bonchev–Trinajstić information content (AvgIpc) is 3.23. The van der Waals surface area contributed by atoms with Crippen LogP contribution in [-0.4, -0.2) is 39.6 Å². The average molecular weight is 457 g/mol. The molecule has 0 spiro atoms.